The summed E-state index contributed by atoms with van der Waals surface area (Å²) in [5.74, 6) is 0.259. The molecule has 40 heavy (non-hydrogen) atoms. The van der Waals surface area contributed by atoms with Gasteiger partial charge in [0.25, 0.3) is 0 Å². The average molecular weight is 533 g/mol. The number of carbonyl (C=O) groups is 1. The summed E-state index contributed by atoms with van der Waals surface area (Å²) in [5.41, 5.74) is 5.57. The van der Waals surface area contributed by atoms with Crippen LogP contribution in [0, 0.1) is 11.7 Å². The van der Waals surface area contributed by atoms with E-state index in [-0.39, 0.29) is 17.6 Å². The number of nitrogens with zero attached hydrogens (tertiary/aromatic N) is 5. The summed E-state index contributed by atoms with van der Waals surface area (Å²) in [5, 5.41) is 11.2. The van der Waals surface area contributed by atoms with E-state index < -0.39 is 0 Å². The van der Waals surface area contributed by atoms with Crippen molar-refractivity contribution in [2.24, 2.45) is 5.92 Å². The van der Waals surface area contributed by atoms with Gasteiger partial charge in [-0.05, 0) is 43.2 Å². The van der Waals surface area contributed by atoms with E-state index in [1.807, 2.05) is 12.1 Å². The minimum Gasteiger partial charge on any atom is -0.336 e. The molecule has 0 saturated heterocycles. The molecule has 198 valence electrons. The van der Waals surface area contributed by atoms with E-state index >= 15 is 0 Å². The third-order valence-electron chi connectivity index (χ3n) is 7.49. The molecule has 0 unspecified atom stereocenters. The molecule has 1 saturated carbocycles. The van der Waals surface area contributed by atoms with Crippen molar-refractivity contribution in [2.45, 2.75) is 32.1 Å². The summed E-state index contributed by atoms with van der Waals surface area (Å²) >= 11 is 0. The first kappa shape index (κ1) is 24.1. The third kappa shape index (κ3) is 4.37. The number of H-pyrrole nitrogens is 2. The molecular weight excluding hydrogens is 507 g/mol. The summed E-state index contributed by atoms with van der Waals surface area (Å²) in [6.45, 7) is 0. The van der Waals surface area contributed by atoms with Crippen LogP contribution in [-0.2, 0) is 4.79 Å². The molecule has 0 bridgehead atoms. The second kappa shape index (κ2) is 9.96. The molecule has 1 amide bonds. The van der Waals surface area contributed by atoms with Gasteiger partial charge in [0, 0.05) is 41.2 Å². The van der Waals surface area contributed by atoms with Gasteiger partial charge in [-0.3, -0.25) is 19.9 Å². The lowest BCUT2D eigenvalue weighted by Gasteiger charge is -2.20. The maximum absolute atomic E-state index is 14.6. The van der Waals surface area contributed by atoms with Crippen LogP contribution in [0.1, 0.15) is 32.1 Å². The number of pyridine rings is 3. The highest BCUT2D eigenvalue weighted by Crippen LogP contribution is 2.33. The highest BCUT2D eigenvalue weighted by Gasteiger charge is 2.22. The van der Waals surface area contributed by atoms with Gasteiger partial charge < -0.3 is 10.3 Å². The van der Waals surface area contributed by atoms with Crippen LogP contribution < -0.4 is 5.32 Å². The van der Waals surface area contributed by atoms with E-state index in [4.69, 9.17) is 4.98 Å². The number of halogens is 1. The van der Waals surface area contributed by atoms with Crippen molar-refractivity contribution in [2.75, 3.05) is 5.32 Å². The van der Waals surface area contributed by atoms with Gasteiger partial charge in [0.2, 0.25) is 5.91 Å². The number of hydrogen-bond donors (Lipinski definition) is 3. The predicted octanol–water partition coefficient (Wildman–Crippen LogP) is 6.28. The van der Waals surface area contributed by atoms with Gasteiger partial charge in [-0.25, -0.2) is 14.4 Å². The van der Waals surface area contributed by atoms with E-state index in [1.54, 1.807) is 49.1 Å². The Morgan fingerprint density at radius 2 is 1.80 bits per heavy atom. The van der Waals surface area contributed by atoms with Crippen molar-refractivity contribution < 1.29 is 9.18 Å². The maximum atomic E-state index is 14.6. The molecule has 1 aromatic carbocycles. The van der Waals surface area contributed by atoms with Gasteiger partial charge in [0.05, 0.1) is 22.8 Å². The summed E-state index contributed by atoms with van der Waals surface area (Å²) in [7, 11) is 0. The van der Waals surface area contributed by atoms with Crippen LogP contribution >= 0.6 is 0 Å². The van der Waals surface area contributed by atoms with Crippen LogP contribution in [0.5, 0.6) is 0 Å². The Bertz CT molecular complexity index is 1870. The molecule has 9 nitrogen and oxygen atoms in total. The molecule has 0 atom stereocenters. The monoisotopic (exact) mass is 532 g/mol. The van der Waals surface area contributed by atoms with Crippen LogP contribution in [0.2, 0.25) is 0 Å². The van der Waals surface area contributed by atoms with Gasteiger partial charge in [0.1, 0.15) is 22.7 Å². The van der Waals surface area contributed by atoms with Gasteiger partial charge in [0.15, 0.2) is 11.5 Å². The van der Waals surface area contributed by atoms with E-state index in [9.17, 15) is 9.18 Å². The fourth-order valence-corrected chi connectivity index (χ4v) is 5.41. The molecule has 7 rings (SSSR count). The summed E-state index contributed by atoms with van der Waals surface area (Å²) in [6, 6.07) is 12.2. The highest BCUT2D eigenvalue weighted by atomic mass is 19.1. The molecule has 1 aliphatic carbocycles. The smallest absolute Gasteiger partial charge is 0.227 e. The Morgan fingerprint density at radius 3 is 2.67 bits per heavy atom. The number of fused-ring (bicyclic) bond motifs is 2. The first-order chi connectivity index (χ1) is 19.6. The van der Waals surface area contributed by atoms with Gasteiger partial charge in [-0.2, -0.15) is 5.10 Å². The molecule has 3 N–H and O–H groups in total. The minimum atomic E-state index is -0.364. The fourth-order valence-electron chi connectivity index (χ4n) is 5.41. The zero-order valence-corrected chi connectivity index (χ0v) is 21.5. The molecule has 5 aromatic heterocycles. The van der Waals surface area contributed by atoms with Crippen LogP contribution in [0.25, 0.3) is 56.0 Å². The van der Waals surface area contributed by atoms with Crippen molar-refractivity contribution >= 4 is 33.7 Å². The number of hydrogen-bond acceptors (Lipinski definition) is 6. The lowest BCUT2D eigenvalue weighted by atomic mass is 9.88. The van der Waals surface area contributed by atoms with Crippen LogP contribution in [0.3, 0.4) is 0 Å². The molecular formula is C30H25FN8O. The van der Waals surface area contributed by atoms with Crippen LogP contribution in [0.15, 0.2) is 67.3 Å². The predicted molar refractivity (Wildman–Crippen MR) is 151 cm³/mol. The number of aromatic nitrogens is 7. The molecule has 0 radical (unpaired) electrons. The Morgan fingerprint density at radius 1 is 0.950 bits per heavy atom. The largest absolute Gasteiger partial charge is 0.336 e. The van der Waals surface area contributed by atoms with Gasteiger partial charge in [-0.1, -0.05) is 31.4 Å². The minimum absolute atomic E-state index is 0.0541. The Labute approximate surface area is 228 Å². The first-order valence-corrected chi connectivity index (χ1v) is 13.3. The first-order valence-electron chi connectivity index (χ1n) is 13.3. The Balaban J connectivity index is 1.23. The van der Waals surface area contributed by atoms with Crippen LogP contribution in [-0.4, -0.2) is 41.0 Å². The summed E-state index contributed by atoms with van der Waals surface area (Å²) in [4.78, 5) is 34.2. The molecule has 1 aliphatic rings. The standard InChI is InChI=1S/C30H25FN8O/c31-23-9-5-4-8-21(23)25-27-24(10-11-33-25)36-29(37-27)26-22-13-19(15-34-28(22)39-38-26)18-12-20(16-32-14-18)35-30(40)17-6-2-1-3-7-17/h4-5,8-17H,1-3,6-7H2,(H,35,40)(H,36,37)(H,34,38,39). The van der Waals surface area contributed by atoms with Crippen molar-refractivity contribution in [1.82, 2.24) is 35.1 Å². The SMILES string of the molecule is O=C(Nc1cncc(-c2cnc3[nH]nc(-c4nc5c(-c6ccccc6F)nccc5[nH]4)c3c2)c1)C1CCCCC1. The molecule has 1 fully saturated rings. The zero-order chi connectivity index (χ0) is 27.1. The van der Waals surface area contributed by atoms with E-state index in [0.717, 1.165) is 42.2 Å². The lowest BCUT2D eigenvalue weighted by Crippen LogP contribution is -2.24. The number of amides is 1. The second-order valence-electron chi connectivity index (χ2n) is 10.1. The molecule has 0 aliphatic heterocycles. The quantitative estimate of drug-likeness (QED) is 0.240. The topological polar surface area (TPSA) is 125 Å². The number of rotatable bonds is 5. The third-order valence-corrected chi connectivity index (χ3v) is 7.49. The van der Waals surface area contributed by atoms with Crippen molar-refractivity contribution in [3.63, 3.8) is 0 Å². The summed E-state index contributed by atoms with van der Waals surface area (Å²) in [6.07, 6.45) is 12.0. The number of benzene rings is 1. The van der Waals surface area contributed by atoms with Crippen molar-refractivity contribution in [1.29, 1.82) is 0 Å². The molecule has 0 spiro atoms. The average Bonchev–Trinajstić information content (AvgIpc) is 3.62. The normalized spacial score (nSPS) is 14.1. The Hall–Kier alpha value is -4.99. The van der Waals surface area contributed by atoms with E-state index in [1.165, 1.54) is 12.5 Å². The van der Waals surface area contributed by atoms with Crippen LogP contribution in [0.4, 0.5) is 10.1 Å². The number of aromatic amines is 2. The second-order valence-corrected chi connectivity index (χ2v) is 10.1. The van der Waals surface area contributed by atoms with E-state index in [0.29, 0.717) is 45.1 Å². The van der Waals surface area contributed by atoms with Crippen molar-refractivity contribution in [3.05, 3.63) is 73.1 Å². The number of anilines is 1. The van der Waals surface area contributed by atoms with Gasteiger partial charge in [-0.15, -0.1) is 0 Å². The zero-order valence-electron chi connectivity index (χ0n) is 21.5. The maximum Gasteiger partial charge on any atom is 0.227 e. The van der Waals surface area contributed by atoms with E-state index in [2.05, 4.69) is 35.5 Å². The molecule has 6 aromatic rings. The number of carbonyl (C=O) groups excluding carboxylic acids is 1. The fraction of sp³-hybridized carbons (Fsp3) is 0.200. The Kier molecular flexibility index (Phi) is 5.99. The number of imidazole rings is 1. The number of nitrogens with one attached hydrogen (secondary N) is 3. The molecule has 10 heteroatoms. The summed E-state index contributed by atoms with van der Waals surface area (Å²) < 4.78 is 14.6. The van der Waals surface area contributed by atoms with Gasteiger partial charge >= 0.3 is 0 Å². The van der Waals surface area contributed by atoms with Crippen molar-refractivity contribution in [3.8, 4) is 33.9 Å². The molecule has 5 heterocycles. The lowest BCUT2D eigenvalue weighted by molar-refractivity contribution is -0.120. The highest BCUT2D eigenvalue weighted by molar-refractivity contribution is 5.97.